The smallest absolute Gasteiger partial charge is 0.307 e. The Kier molecular flexibility index (Phi) is 4.15. The summed E-state index contributed by atoms with van der Waals surface area (Å²) in [7, 11) is 0. The zero-order chi connectivity index (χ0) is 15.9. The molecular formula is C16H15Cl2NO3. The Balaban J connectivity index is 1.69. The summed E-state index contributed by atoms with van der Waals surface area (Å²) in [4.78, 5) is 23.8. The summed E-state index contributed by atoms with van der Waals surface area (Å²) < 4.78 is 0. The van der Waals surface area contributed by atoms with E-state index >= 15 is 0 Å². The fourth-order valence-electron chi connectivity index (χ4n) is 3.48. The van der Waals surface area contributed by atoms with Gasteiger partial charge in [-0.3, -0.25) is 9.59 Å². The van der Waals surface area contributed by atoms with Crippen LogP contribution in [0.3, 0.4) is 0 Å². The standard InChI is InChI=1S/C16H15Cl2NO3/c17-11-4-3-10(12(18)6-11)7-19-15(20)13-8-1-2-9(5-8)14(13)16(21)22/h1-4,6,8-9,13-14H,5,7H2,(H,19,20)(H,21,22)/t8-,9-,13-,14+/m0/s1. The number of amides is 1. The molecule has 1 fully saturated rings. The summed E-state index contributed by atoms with van der Waals surface area (Å²) in [5, 5.41) is 13.2. The third-order valence-electron chi connectivity index (χ3n) is 4.52. The van der Waals surface area contributed by atoms with Gasteiger partial charge in [0.25, 0.3) is 0 Å². The monoisotopic (exact) mass is 339 g/mol. The van der Waals surface area contributed by atoms with Gasteiger partial charge in [0.15, 0.2) is 0 Å². The van der Waals surface area contributed by atoms with E-state index in [4.69, 9.17) is 23.2 Å². The molecule has 1 aromatic rings. The minimum Gasteiger partial charge on any atom is -0.481 e. The quantitative estimate of drug-likeness (QED) is 0.828. The number of fused-ring (bicyclic) bond motifs is 2. The van der Waals surface area contributed by atoms with E-state index in [-0.39, 0.29) is 24.3 Å². The number of carbonyl (C=O) groups is 2. The van der Waals surface area contributed by atoms with Crippen LogP contribution in [0.1, 0.15) is 12.0 Å². The first-order valence-corrected chi connectivity index (χ1v) is 7.85. The molecule has 2 aliphatic rings. The average Bonchev–Trinajstić information content (AvgIpc) is 3.06. The molecule has 4 nitrogen and oxygen atoms in total. The summed E-state index contributed by atoms with van der Waals surface area (Å²) in [6.07, 6.45) is 4.63. The average molecular weight is 340 g/mol. The number of benzene rings is 1. The first-order chi connectivity index (χ1) is 10.5. The zero-order valence-corrected chi connectivity index (χ0v) is 13.1. The molecule has 2 aliphatic carbocycles. The summed E-state index contributed by atoms with van der Waals surface area (Å²) in [5.41, 5.74) is 0.755. The van der Waals surface area contributed by atoms with Gasteiger partial charge in [0, 0.05) is 16.6 Å². The predicted octanol–water partition coefficient (Wildman–Crippen LogP) is 3.13. The van der Waals surface area contributed by atoms with Gasteiger partial charge in [0.05, 0.1) is 11.8 Å². The molecule has 22 heavy (non-hydrogen) atoms. The number of nitrogens with one attached hydrogen (secondary N) is 1. The van der Waals surface area contributed by atoms with Crippen LogP contribution in [-0.4, -0.2) is 17.0 Å². The van der Waals surface area contributed by atoms with E-state index in [1.165, 1.54) is 0 Å². The van der Waals surface area contributed by atoms with E-state index < -0.39 is 17.8 Å². The van der Waals surface area contributed by atoms with E-state index in [1.54, 1.807) is 18.2 Å². The lowest BCUT2D eigenvalue weighted by Crippen LogP contribution is -2.39. The van der Waals surface area contributed by atoms with E-state index in [9.17, 15) is 14.7 Å². The Morgan fingerprint density at radius 2 is 1.86 bits per heavy atom. The Labute approximate surface area is 138 Å². The van der Waals surface area contributed by atoms with Gasteiger partial charge in [-0.05, 0) is 36.0 Å². The lowest BCUT2D eigenvalue weighted by atomic mass is 9.82. The first kappa shape index (κ1) is 15.4. The van der Waals surface area contributed by atoms with Crippen molar-refractivity contribution in [1.29, 1.82) is 0 Å². The number of carbonyl (C=O) groups excluding carboxylic acids is 1. The highest BCUT2D eigenvalue weighted by Gasteiger charge is 2.51. The maximum absolute atomic E-state index is 12.4. The minimum absolute atomic E-state index is 0.0202. The number of hydrogen-bond acceptors (Lipinski definition) is 2. The van der Waals surface area contributed by atoms with Gasteiger partial charge in [0.2, 0.25) is 5.91 Å². The normalized spacial score (nSPS) is 28.8. The SMILES string of the molecule is O=C(NCc1ccc(Cl)cc1Cl)[C@@H]1[C@H](C(=O)O)[C@H]2C=C[C@H]1C2. The van der Waals surface area contributed by atoms with Crippen LogP contribution < -0.4 is 5.32 Å². The van der Waals surface area contributed by atoms with Gasteiger partial charge in [-0.15, -0.1) is 0 Å². The van der Waals surface area contributed by atoms with E-state index in [1.807, 2.05) is 12.2 Å². The van der Waals surface area contributed by atoms with Crippen molar-refractivity contribution in [1.82, 2.24) is 5.32 Å². The molecule has 0 aromatic heterocycles. The van der Waals surface area contributed by atoms with Crippen LogP contribution in [0.4, 0.5) is 0 Å². The molecule has 1 saturated carbocycles. The molecule has 3 rings (SSSR count). The van der Waals surface area contributed by atoms with Crippen LogP contribution in [0.25, 0.3) is 0 Å². The molecule has 0 heterocycles. The second-order valence-electron chi connectivity index (χ2n) is 5.79. The molecule has 0 aliphatic heterocycles. The van der Waals surface area contributed by atoms with Crippen molar-refractivity contribution in [3.8, 4) is 0 Å². The van der Waals surface area contributed by atoms with Gasteiger partial charge >= 0.3 is 5.97 Å². The van der Waals surface area contributed by atoms with Crippen LogP contribution in [0.5, 0.6) is 0 Å². The molecule has 1 amide bonds. The molecule has 0 radical (unpaired) electrons. The van der Waals surface area contributed by atoms with Crippen LogP contribution >= 0.6 is 23.2 Å². The van der Waals surface area contributed by atoms with Crippen molar-refractivity contribution in [2.24, 2.45) is 23.7 Å². The second-order valence-corrected chi connectivity index (χ2v) is 6.64. The third-order valence-corrected chi connectivity index (χ3v) is 5.10. The van der Waals surface area contributed by atoms with Gasteiger partial charge in [0.1, 0.15) is 0 Å². The van der Waals surface area contributed by atoms with Crippen molar-refractivity contribution in [3.63, 3.8) is 0 Å². The minimum atomic E-state index is -0.901. The molecule has 0 saturated heterocycles. The Bertz CT molecular complexity index is 659. The largest absolute Gasteiger partial charge is 0.481 e. The van der Waals surface area contributed by atoms with Gasteiger partial charge in [-0.25, -0.2) is 0 Å². The molecule has 0 spiro atoms. The number of halogens is 2. The maximum Gasteiger partial charge on any atom is 0.307 e. The van der Waals surface area contributed by atoms with E-state index in [0.717, 1.165) is 12.0 Å². The van der Waals surface area contributed by atoms with Crippen molar-refractivity contribution in [2.75, 3.05) is 0 Å². The Morgan fingerprint density at radius 3 is 2.50 bits per heavy atom. The van der Waals surface area contributed by atoms with Crippen molar-refractivity contribution in [2.45, 2.75) is 13.0 Å². The Morgan fingerprint density at radius 1 is 1.18 bits per heavy atom. The van der Waals surface area contributed by atoms with Crippen LogP contribution in [0.15, 0.2) is 30.4 Å². The zero-order valence-electron chi connectivity index (χ0n) is 11.6. The van der Waals surface area contributed by atoms with E-state index in [0.29, 0.717) is 10.0 Å². The van der Waals surface area contributed by atoms with Crippen LogP contribution in [0, 0.1) is 23.7 Å². The number of carboxylic acid groups (broad SMARTS) is 1. The molecule has 2 N–H and O–H groups in total. The number of aliphatic carboxylic acids is 1. The summed E-state index contributed by atoms with van der Waals surface area (Å²) in [6, 6.07) is 5.07. The molecule has 2 bridgehead atoms. The third kappa shape index (κ3) is 2.73. The molecule has 116 valence electrons. The number of hydrogen-bond donors (Lipinski definition) is 2. The Hall–Kier alpha value is -1.52. The van der Waals surface area contributed by atoms with Crippen molar-refractivity contribution >= 4 is 35.1 Å². The topological polar surface area (TPSA) is 66.4 Å². The highest BCUT2D eigenvalue weighted by molar-refractivity contribution is 6.35. The fraction of sp³-hybridized carbons (Fsp3) is 0.375. The predicted molar refractivity (Wildman–Crippen MR) is 83.7 cm³/mol. The second kappa shape index (κ2) is 5.94. The molecule has 1 aromatic carbocycles. The highest BCUT2D eigenvalue weighted by Crippen LogP contribution is 2.48. The van der Waals surface area contributed by atoms with Crippen LogP contribution in [-0.2, 0) is 16.1 Å². The van der Waals surface area contributed by atoms with E-state index in [2.05, 4.69) is 5.32 Å². The van der Waals surface area contributed by atoms with Gasteiger partial charge in [-0.1, -0.05) is 41.4 Å². The molecule has 4 atom stereocenters. The first-order valence-electron chi connectivity index (χ1n) is 7.10. The maximum atomic E-state index is 12.4. The lowest BCUT2D eigenvalue weighted by molar-refractivity contribution is -0.147. The highest BCUT2D eigenvalue weighted by atomic mass is 35.5. The number of allylic oxidation sites excluding steroid dienone is 2. The van der Waals surface area contributed by atoms with Crippen molar-refractivity contribution < 1.29 is 14.7 Å². The summed E-state index contributed by atoms with van der Waals surface area (Å²) in [5.74, 6) is -2.27. The van der Waals surface area contributed by atoms with Gasteiger partial charge < -0.3 is 10.4 Å². The fourth-order valence-corrected chi connectivity index (χ4v) is 3.96. The molecular weight excluding hydrogens is 325 g/mol. The van der Waals surface area contributed by atoms with Crippen LogP contribution in [0.2, 0.25) is 10.0 Å². The lowest BCUT2D eigenvalue weighted by Gasteiger charge is -2.24. The number of carboxylic acids is 1. The van der Waals surface area contributed by atoms with Gasteiger partial charge in [-0.2, -0.15) is 0 Å². The number of rotatable bonds is 4. The molecule has 0 unspecified atom stereocenters. The summed E-state index contributed by atoms with van der Waals surface area (Å²) in [6.45, 7) is 0.263. The molecule has 6 heteroatoms. The van der Waals surface area contributed by atoms with Crippen molar-refractivity contribution in [3.05, 3.63) is 46.0 Å². The summed E-state index contributed by atoms with van der Waals surface area (Å²) >= 11 is 11.9.